The van der Waals surface area contributed by atoms with Crippen molar-refractivity contribution in [3.63, 3.8) is 0 Å². The largest absolute Gasteiger partial charge is 0.299 e. The molecule has 6 aliphatic carbocycles. The van der Waals surface area contributed by atoms with E-state index in [9.17, 15) is 9.59 Å². The van der Waals surface area contributed by atoms with Crippen molar-refractivity contribution in [2.24, 2.45) is 59.2 Å². The summed E-state index contributed by atoms with van der Waals surface area (Å²) < 4.78 is 0. The Balaban J connectivity index is 1.31. The molecule has 0 saturated heterocycles. The first-order valence-electron chi connectivity index (χ1n) is 11.9. The van der Waals surface area contributed by atoms with Crippen LogP contribution in [0.3, 0.4) is 0 Å². The minimum atomic E-state index is 0.339. The molecule has 6 aliphatic rings. The van der Waals surface area contributed by atoms with Gasteiger partial charge < -0.3 is 0 Å². The second kappa shape index (κ2) is 6.90. The van der Waals surface area contributed by atoms with Crippen molar-refractivity contribution >= 4 is 43.4 Å². The first kappa shape index (κ1) is 19.0. The van der Waals surface area contributed by atoms with E-state index in [2.05, 4.69) is 31.9 Å². The molecule has 12 atom stereocenters. The van der Waals surface area contributed by atoms with Gasteiger partial charge in [0, 0.05) is 33.3 Å². The van der Waals surface area contributed by atoms with Gasteiger partial charge in [0.25, 0.3) is 0 Å². The summed E-state index contributed by atoms with van der Waals surface area (Å²) in [4.78, 5) is 27.6. The summed E-state index contributed by atoms with van der Waals surface area (Å²) in [5, 5.41) is 0. The maximum Gasteiger partial charge on any atom is 0.139 e. The smallest absolute Gasteiger partial charge is 0.139 e. The fourth-order valence-corrected chi connectivity index (χ4v) is 10.8. The van der Waals surface area contributed by atoms with Gasteiger partial charge >= 0.3 is 0 Å². The summed E-state index contributed by atoms with van der Waals surface area (Å²) >= 11 is 7.63. The molecule has 0 heterocycles. The second-order valence-corrected chi connectivity index (χ2v) is 13.6. The van der Waals surface area contributed by atoms with Crippen LogP contribution in [-0.2, 0) is 9.59 Å². The maximum absolute atomic E-state index is 13.3. The predicted octanol–water partition coefficient (Wildman–Crippen LogP) is 5.80. The SMILES string of the molecule is O=C1C2CC(Br)CCC2C2C1CCC1C2CCC2C(=O)C3CC(Br)CCC3C21. The minimum absolute atomic E-state index is 0.339. The van der Waals surface area contributed by atoms with Crippen molar-refractivity contribution in [3.8, 4) is 0 Å². The normalized spacial score (nSPS) is 57.8. The van der Waals surface area contributed by atoms with E-state index in [-0.39, 0.29) is 0 Å². The lowest BCUT2D eigenvalue weighted by atomic mass is 9.53. The Bertz CT molecular complexity index is 634. The van der Waals surface area contributed by atoms with E-state index in [4.69, 9.17) is 0 Å². The number of alkyl halides is 2. The molecule has 6 fully saturated rings. The zero-order valence-electron chi connectivity index (χ0n) is 16.6. The van der Waals surface area contributed by atoms with Gasteiger partial charge in [-0.25, -0.2) is 0 Å². The first-order valence-corrected chi connectivity index (χ1v) is 13.7. The van der Waals surface area contributed by atoms with Gasteiger partial charge in [-0.1, -0.05) is 31.9 Å². The van der Waals surface area contributed by atoms with Gasteiger partial charge in [0.15, 0.2) is 0 Å². The lowest BCUT2D eigenvalue weighted by molar-refractivity contribution is -0.129. The Morgan fingerprint density at radius 1 is 0.500 bits per heavy atom. The lowest BCUT2D eigenvalue weighted by Gasteiger charge is -2.51. The average Bonchev–Trinajstić information content (AvgIpc) is 3.14. The Morgan fingerprint density at radius 2 is 0.893 bits per heavy atom. The number of carbonyl (C=O) groups is 2. The molecule has 28 heavy (non-hydrogen) atoms. The van der Waals surface area contributed by atoms with Gasteiger partial charge in [0.1, 0.15) is 11.6 Å². The summed E-state index contributed by atoms with van der Waals surface area (Å²) in [6, 6.07) is 0. The Kier molecular flexibility index (Phi) is 4.69. The highest BCUT2D eigenvalue weighted by atomic mass is 79.9. The molecule has 0 N–H and O–H groups in total. The lowest BCUT2D eigenvalue weighted by Crippen LogP contribution is -2.46. The molecule has 0 aromatic heterocycles. The molecule has 154 valence electrons. The Morgan fingerprint density at radius 3 is 1.32 bits per heavy atom. The van der Waals surface area contributed by atoms with Crippen molar-refractivity contribution in [1.82, 2.24) is 0 Å². The van der Waals surface area contributed by atoms with Crippen LogP contribution < -0.4 is 0 Å². The van der Waals surface area contributed by atoms with Gasteiger partial charge in [-0.05, 0) is 99.7 Å². The zero-order chi connectivity index (χ0) is 19.2. The molecule has 6 saturated carbocycles. The number of carbonyl (C=O) groups excluding carboxylic acids is 2. The van der Waals surface area contributed by atoms with Crippen LogP contribution in [0.2, 0.25) is 0 Å². The summed E-state index contributed by atoms with van der Waals surface area (Å²) in [6.45, 7) is 0. The van der Waals surface area contributed by atoms with Crippen LogP contribution in [0, 0.1) is 59.2 Å². The molecule has 0 radical (unpaired) electrons. The van der Waals surface area contributed by atoms with Crippen LogP contribution in [0.25, 0.3) is 0 Å². The van der Waals surface area contributed by atoms with Crippen LogP contribution in [0.5, 0.6) is 0 Å². The number of fused-ring (bicyclic) bond motifs is 9. The zero-order valence-corrected chi connectivity index (χ0v) is 19.7. The van der Waals surface area contributed by atoms with Gasteiger partial charge in [-0.3, -0.25) is 9.59 Å². The van der Waals surface area contributed by atoms with Crippen molar-refractivity contribution in [1.29, 1.82) is 0 Å². The fraction of sp³-hybridized carbons (Fsp3) is 0.917. The highest BCUT2D eigenvalue weighted by Gasteiger charge is 2.62. The predicted molar refractivity (Wildman–Crippen MR) is 117 cm³/mol. The van der Waals surface area contributed by atoms with E-state index in [1.54, 1.807) is 0 Å². The van der Waals surface area contributed by atoms with Gasteiger partial charge in [-0.2, -0.15) is 0 Å². The third-order valence-electron chi connectivity index (χ3n) is 10.2. The van der Waals surface area contributed by atoms with Crippen molar-refractivity contribution in [2.75, 3.05) is 0 Å². The van der Waals surface area contributed by atoms with Crippen LogP contribution in [-0.4, -0.2) is 21.2 Å². The van der Waals surface area contributed by atoms with E-state index < -0.39 is 0 Å². The van der Waals surface area contributed by atoms with Crippen molar-refractivity contribution < 1.29 is 9.59 Å². The van der Waals surface area contributed by atoms with Crippen LogP contribution in [0.1, 0.15) is 64.2 Å². The third kappa shape index (κ3) is 2.61. The minimum Gasteiger partial charge on any atom is -0.299 e. The average molecular weight is 512 g/mol. The molecule has 4 heteroatoms. The molecule has 0 aromatic carbocycles. The molecule has 0 aliphatic heterocycles. The van der Waals surface area contributed by atoms with Crippen molar-refractivity contribution in [2.45, 2.75) is 73.9 Å². The molecule has 2 nitrogen and oxygen atoms in total. The van der Waals surface area contributed by atoms with Crippen molar-refractivity contribution in [3.05, 3.63) is 0 Å². The van der Waals surface area contributed by atoms with Gasteiger partial charge in [-0.15, -0.1) is 0 Å². The maximum atomic E-state index is 13.3. The molecule has 0 bridgehead atoms. The molecular formula is C24H32Br2O2. The van der Waals surface area contributed by atoms with Crippen LogP contribution in [0.4, 0.5) is 0 Å². The molecule has 0 spiro atoms. The van der Waals surface area contributed by atoms with E-state index in [0.29, 0.717) is 68.6 Å². The first-order chi connectivity index (χ1) is 13.5. The quantitative estimate of drug-likeness (QED) is 0.385. The fourth-order valence-electron chi connectivity index (χ4n) is 9.42. The molecule has 6 rings (SSSR count). The van der Waals surface area contributed by atoms with Crippen LogP contribution in [0.15, 0.2) is 0 Å². The summed E-state index contributed by atoms with van der Waals surface area (Å²) in [5.41, 5.74) is 0. The highest BCUT2D eigenvalue weighted by Crippen LogP contribution is 2.64. The number of rotatable bonds is 0. The number of Topliss-reactive ketones (excluding diaryl/α,β-unsaturated/α-hetero) is 2. The topological polar surface area (TPSA) is 34.1 Å². The standard InChI is InChI=1S/C24H32Br2O2/c25-11-1-3-15-19(9-11)23(27)17-7-6-14-13(21(15)17)5-8-18-22(14)16-4-2-12(26)10-20(16)24(18)28/h11-22H,1-10H2. The molecule has 0 aromatic rings. The number of halogens is 2. The van der Waals surface area contributed by atoms with E-state index in [0.717, 1.165) is 37.5 Å². The van der Waals surface area contributed by atoms with E-state index >= 15 is 0 Å². The number of ketones is 2. The Labute approximate surface area is 185 Å². The summed E-state index contributed by atoms with van der Waals surface area (Å²) in [6.07, 6.45) is 11.9. The second-order valence-electron chi connectivity index (χ2n) is 11.0. The molecule has 0 amide bonds. The monoisotopic (exact) mass is 510 g/mol. The highest BCUT2D eigenvalue weighted by molar-refractivity contribution is 9.09. The number of hydrogen-bond donors (Lipinski definition) is 0. The molecule has 12 unspecified atom stereocenters. The van der Waals surface area contributed by atoms with Crippen LogP contribution >= 0.6 is 31.9 Å². The van der Waals surface area contributed by atoms with Gasteiger partial charge in [0.05, 0.1) is 0 Å². The van der Waals surface area contributed by atoms with E-state index in [1.165, 1.54) is 38.5 Å². The molecular weight excluding hydrogens is 480 g/mol. The third-order valence-corrected chi connectivity index (χ3v) is 11.9. The summed E-state index contributed by atoms with van der Waals surface area (Å²) in [5.74, 6) is 6.73. The summed E-state index contributed by atoms with van der Waals surface area (Å²) in [7, 11) is 0. The van der Waals surface area contributed by atoms with Gasteiger partial charge in [0.2, 0.25) is 0 Å². The van der Waals surface area contributed by atoms with E-state index in [1.807, 2.05) is 0 Å². The number of hydrogen-bond acceptors (Lipinski definition) is 2. The Hall–Kier alpha value is 0.300.